The number of piperidine rings is 2. The van der Waals surface area contributed by atoms with Crippen LogP contribution in [0.15, 0.2) is 0 Å². The van der Waals surface area contributed by atoms with E-state index in [9.17, 15) is 9.59 Å². The van der Waals surface area contributed by atoms with Crippen molar-refractivity contribution in [2.75, 3.05) is 32.8 Å². The van der Waals surface area contributed by atoms with Crippen molar-refractivity contribution in [3.8, 4) is 0 Å². The van der Waals surface area contributed by atoms with Gasteiger partial charge in [0, 0.05) is 49.3 Å². The quantitative estimate of drug-likeness (QED) is 0.845. The summed E-state index contributed by atoms with van der Waals surface area (Å²) in [5, 5.41) is 7.32. The number of aromatic amines is 1. The Balaban J connectivity index is 1.13. The van der Waals surface area contributed by atoms with Gasteiger partial charge in [0.25, 0.3) is 5.91 Å². The number of nitrogens with zero attached hydrogens (tertiary/aromatic N) is 3. The number of amides is 2. The van der Waals surface area contributed by atoms with Crippen molar-refractivity contribution in [2.24, 2.45) is 17.3 Å². The van der Waals surface area contributed by atoms with Gasteiger partial charge in [-0.3, -0.25) is 14.7 Å². The van der Waals surface area contributed by atoms with Gasteiger partial charge in [0.15, 0.2) is 5.69 Å². The molecule has 1 aliphatic carbocycles. The molecule has 0 bridgehead atoms. The van der Waals surface area contributed by atoms with E-state index >= 15 is 0 Å². The van der Waals surface area contributed by atoms with Gasteiger partial charge in [-0.25, -0.2) is 0 Å². The standard InChI is InChI=1S/C22H32N4O3/c1-22(7-8-22)21(28)26-11-4-16(5-12-26)15-2-9-25(10-3-15)20(27)19-17-14-29-13-6-18(17)23-24-19/h15-16H,2-14H2,1H3,(H,23,24). The molecule has 0 spiro atoms. The predicted octanol–water partition coefficient (Wildman–Crippen LogP) is 2.37. The molecule has 4 heterocycles. The van der Waals surface area contributed by atoms with Crippen LogP contribution in [0.25, 0.3) is 0 Å². The molecule has 158 valence electrons. The molecule has 1 N–H and O–H groups in total. The van der Waals surface area contributed by atoms with E-state index < -0.39 is 0 Å². The van der Waals surface area contributed by atoms with Crippen LogP contribution >= 0.6 is 0 Å². The smallest absolute Gasteiger partial charge is 0.274 e. The molecule has 1 saturated carbocycles. The van der Waals surface area contributed by atoms with E-state index in [1.54, 1.807) is 0 Å². The van der Waals surface area contributed by atoms with Crippen LogP contribution in [-0.4, -0.2) is 64.6 Å². The van der Waals surface area contributed by atoms with Crippen LogP contribution in [0, 0.1) is 17.3 Å². The SMILES string of the molecule is CC1(C(=O)N2CCC(C3CCN(C(=O)c4n[nH]c5c4COCC5)CC3)CC2)CC1. The lowest BCUT2D eigenvalue weighted by molar-refractivity contribution is -0.138. The number of aromatic nitrogens is 2. The number of hydrogen-bond acceptors (Lipinski definition) is 4. The second kappa shape index (κ2) is 7.42. The van der Waals surface area contributed by atoms with Gasteiger partial charge in [0.1, 0.15) is 0 Å². The van der Waals surface area contributed by atoms with Crippen molar-refractivity contribution in [3.63, 3.8) is 0 Å². The van der Waals surface area contributed by atoms with Crippen molar-refractivity contribution >= 4 is 11.8 Å². The first-order chi connectivity index (χ1) is 14.0. The number of nitrogens with one attached hydrogen (secondary N) is 1. The Morgan fingerprint density at radius 3 is 2.28 bits per heavy atom. The summed E-state index contributed by atoms with van der Waals surface area (Å²) >= 11 is 0. The monoisotopic (exact) mass is 400 g/mol. The number of rotatable bonds is 3. The molecule has 3 fully saturated rings. The van der Waals surface area contributed by atoms with Gasteiger partial charge in [-0.2, -0.15) is 5.10 Å². The van der Waals surface area contributed by atoms with E-state index in [0.29, 0.717) is 36.7 Å². The molecule has 0 atom stereocenters. The second-order valence-corrected chi connectivity index (χ2v) is 9.65. The number of fused-ring (bicyclic) bond motifs is 1. The van der Waals surface area contributed by atoms with Crippen molar-refractivity contribution in [1.29, 1.82) is 0 Å². The van der Waals surface area contributed by atoms with Crippen molar-refractivity contribution in [1.82, 2.24) is 20.0 Å². The minimum Gasteiger partial charge on any atom is -0.376 e. The molecular formula is C22H32N4O3. The molecule has 1 aromatic rings. The van der Waals surface area contributed by atoms with E-state index in [4.69, 9.17) is 4.74 Å². The van der Waals surface area contributed by atoms with E-state index in [1.807, 2.05) is 4.90 Å². The second-order valence-electron chi connectivity index (χ2n) is 9.65. The van der Waals surface area contributed by atoms with Gasteiger partial charge in [0.2, 0.25) is 5.91 Å². The molecule has 7 nitrogen and oxygen atoms in total. The molecular weight excluding hydrogens is 368 g/mol. The van der Waals surface area contributed by atoms with Crippen molar-refractivity contribution < 1.29 is 14.3 Å². The first kappa shape index (κ1) is 19.1. The molecule has 1 aromatic heterocycles. The lowest BCUT2D eigenvalue weighted by Gasteiger charge is -2.40. The first-order valence-corrected chi connectivity index (χ1v) is 11.3. The third kappa shape index (κ3) is 3.58. The summed E-state index contributed by atoms with van der Waals surface area (Å²) in [5.41, 5.74) is 2.51. The molecule has 5 rings (SSSR count). The largest absolute Gasteiger partial charge is 0.376 e. The van der Waals surface area contributed by atoms with Gasteiger partial charge in [-0.15, -0.1) is 0 Å². The van der Waals surface area contributed by atoms with E-state index in [0.717, 1.165) is 82.4 Å². The fourth-order valence-electron chi connectivity index (χ4n) is 5.37. The van der Waals surface area contributed by atoms with Crippen LogP contribution in [0.5, 0.6) is 0 Å². The zero-order chi connectivity index (χ0) is 20.0. The Kier molecular flexibility index (Phi) is 4.88. The summed E-state index contributed by atoms with van der Waals surface area (Å²) in [6.45, 7) is 6.73. The maximum atomic E-state index is 13.0. The molecule has 0 unspecified atom stereocenters. The Morgan fingerprint density at radius 2 is 1.66 bits per heavy atom. The number of carbonyl (C=O) groups is 2. The van der Waals surface area contributed by atoms with E-state index in [2.05, 4.69) is 22.0 Å². The Bertz CT molecular complexity index is 784. The Hall–Kier alpha value is -1.89. The summed E-state index contributed by atoms with van der Waals surface area (Å²) in [6, 6.07) is 0. The zero-order valence-corrected chi connectivity index (χ0v) is 17.4. The predicted molar refractivity (Wildman–Crippen MR) is 107 cm³/mol. The van der Waals surface area contributed by atoms with Gasteiger partial charge >= 0.3 is 0 Å². The molecule has 2 saturated heterocycles. The molecule has 3 aliphatic heterocycles. The molecule has 29 heavy (non-hydrogen) atoms. The van der Waals surface area contributed by atoms with Crippen molar-refractivity contribution in [3.05, 3.63) is 17.0 Å². The van der Waals surface area contributed by atoms with Crippen LogP contribution in [0.3, 0.4) is 0 Å². The van der Waals surface area contributed by atoms with E-state index in [-0.39, 0.29) is 11.3 Å². The number of likely N-dealkylation sites (tertiary alicyclic amines) is 2. The average Bonchev–Trinajstić information content (AvgIpc) is 3.38. The van der Waals surface area contributed by atoms with Gasteiger partial charge in [-0.05, 0) is 50.4 Å². The summed E-state index contributed by atoms with van der Waals surface area (Å²) in [6.07, 6.45) is 7.27. The third-order valence-electron chi connectivity index (χ3n) is 7.73. The van der Waals surface area contributed by atoms with E-state index in [1.165, 1.54) is 0 Å². The molecule has 0 aromatic carbocycles. The fourth-order valence-corrected chi connectivity index (χ4v) is 5.37. The van der Waals surface area contributed by atoms with Crippen LogP contribution in [-0.2, 0) is 22.6 Å². The molecule has 0 radical (unpaired) electrons. The van der Waals surface area contributed by atoms with Gasteiger partial charge < -0.3 is 14.5 Å². The van der Waals surface area contributed by atoms with Crippen LogP contribution in [0.2, 0.25) is 0 Å². The maximum absolute atomic E-state index is 13.0. The topological polar surface area (TPSA) is 78.5 Å². The summed E-state index contributed by atoms with van der Waals surface area (Å²) in [4.78, 5) is 29.6. The minimum absolute atomic E-state index is 0.0459. The van der Waals surface area contributed by atoms with Crippen LogP contribution in [0.4, 0.5) is 0 Å². The van der Waals surface area contributed by atoms with Gasteiger partial charge in [0.05, 0.1) is 13.2 Å². The number of H-pyrrole nitrogens is 1. The van der Waals surface area contributed by atoms with Gasteiger partial charge in [-0.1, -0.05) is 6.92 Å². The fraction of sp³-hybridized carbons (Fsp3) is 0.773. The third-order valence-corrected chi connectivity index (χ3v) is 7.73. The highest BCUT2D eigenvalue weighted by Gasteiger charge is 2.47. The zero-order valence-electron chi connectivity index (χ0n) is 17.4. The molecule has 4 aliphatic rings. The highest BCUT2D eigenvalue weighted by molar-refractivity contribution is 5.94. The normalized spacial score (nSPS) is 25.0. The summed E-state index contributed by atoms with van der Waals surface area (Å²) in [7, 11) is 0. The lowest BCUT2D eigenvalue weighted by atomic mass is 9.78. The highest BCUT2D eigenvalue weighted by Crippen LogP contribution is 2.47. The minimum atomic E-state index is -0.0466. The molecule has 2 amide bonds. The molecule has 7 heteroatoms. The van der Waals surface area contributed by atoms with Crippen LogP contribution < -0.4 is 0 Å². The number of ether oxygens (including phenoxy) is 1. The number of hydrogen-bond donors (Lipinski definition) is 1. The number of carbonyl (C=O) groups excluding carboxylic acids is 2. The average molecular weight is 401 g/mol. The Labute approximate surface area is 172 Å². The summed E-state index contributed by atoms with van der Waals surface area (Å²) < 4.78 is 5.52. The maximum Gasteiger partial charge on any atom is 0.274 e. The Morgan fingerprint density at radius 1 is 1.03 bits per heavy atom. The summed E-state index contributed by atoms with van der Waals surface area (Å²) in [5.74, 6) is 1.78. The first-order valence-electron chi connectivity index (χ1n) is 11.3. The highest BCUT2D eigenvalue weighted by atomic mass is 16.5. The van der Waals surface area contributed by atoms with Crippen LogP contribution in [0.1, 0.15) is 67.2 Å². The lowest BCUT2D eigenvalue weighted by Crippen LogP contribution is -2.45. The van der Waals surface area contributed by atoms with Crippen molar-refractivity contribution in [2.45, 2.75) is 58.5 Å².